The van der Waals surface area contributed by atoms with Gasteiger partial charge in [0.25, 0.3) is 11.5 Å². The van der Waals surface area contributed by atoms with Crippen molar-refractivity contribution in [3.63, 3.8) is 0 Å². The number of rotatable bonds is 6. The highest BCUT2D eigenvalue weighted by Crippen LogP contribution is 2.05. The van der Waals surface area contributed by atoms with E-state index in [-0.39, 0.29) is 11.5 Å². The lowest BCUT2D eigenvalue weighted by molar-refractivity contribution is -0.124. The standard InChI is InChI=1S/C12H18N2O4/c1-9(18-3)12(16)13-10-4-5-11(15)14(8-10)6-7-17-2/h4-5,8-9H,6-7H2,1-3H3,(H,13,16). The van der Waals surface area contributed by atoms with Crippen LogP contribution in [0.5, 0.6) is 0 Å². The fourth-order valence-corrected chi connectivity index (χ4v) is 1.32. The molecule has 0 spiro atoms. The fraction of sp³-hybridized carbons (Fsp3) is 0.500. The Bertz CT molecular complexity index is 456. The van der Waals surface area contributed by atoms with Crippen molar-refractivity contribution in [2.75, 3.05) is 26.1 Å². The van der Waals surface area contributed by atoms with Gasteiger partial charge in [0.2, 0.25) is 0 Å². The molecule has 0 aromatic carbocycles. The molecule has 1 amide bonds. The van der Waals surface area contributed by atoms with Crippen molar-refractivity contribution >= 4 is 11.6 Å². The Hall–Kier alpha value is -1.66. The number of amides is 1. The molecule has 1 atom stereocenters. The third kappa shape index (κ3) is 3.97. The number of pyridine rings is 1. The van der Waals surface area contributed by atoms with E-state index < -0.39 is 6.10 Å². The van der Waals surface area contributed by atoms with Crippen molar-refractivity contribution in [3.8, 4) is 0 Å². The number of carbonyl (C=O) groups excluding carboxylic acids is 1. The molecule has 0 aliphatic heterocycles. The van der Waals surface area contributed by atoms with Crippen LogP contribution in [0.2, 0.25) is 0 Å². The molecule has 0 fully saturated rings. The monoisotopic (exact) mass is 254 g/mol. The summed E-state index contributed by atoms with van der Waals surface area (Å²) in [6.07, 6.45) is 1.05. The van der Waals surface area contributed by atoms with Crippen molar-refractivity contribution < 1.29 is 14.3 Å². The number of ether oxygens (including phenoxy) is 2. The van der Waals surface area contributed by atoms with Crippen LogP contribution < -0.4 is 10.9 Å². The van der Waals surface area contributed by atoms with E-state index in [1.165, 1.54) is 17.7 Å². The van der Waals surface area contributed by atoms with Crippen LogP contribution in [0, 0.1) is 0 Å². The maximum atomic E-state index is 11.6. The summed E-state index contributed by atoms with van der Waals surface area (Å²) in [5.74, 6) is -0.255. The van der Waals surface area contributed by atoms with E-state index >= 15 is 0 Å². The summed E-state index contributed by atoms with van der Waals surface area (Å²) in [7, 11) is 3.03. The van der Waals surface area contributed by atoms with Gasteiger partial charge in [0.05, 0.1) is 12.3 Å². The lowest BCUT2D eigenvalue weighted by Crippen LogP contribution is -2.28. The van der Waals surface area contributed by atoms with Gasteiger partial charge in [-0.3, -0.25) is 9.59 Å². The first-order valence-corrected chi connectivity index (χ1v) is 5.61. The molecule has 0 aliphatic rings. The van der Waals surface area contributed by atoms with Gasteiger partial charge >= 0.3 is 0 Å². The fourth-order valence-electron chi connectivity index (χ4n) is 1.32. The van der Waals surface area contributed by atoms with Gasteiger partial charge in [0.1, 0.15) is 6.10 Å². The Morgan fingerprint density at radius 2 is 2.17 bits per heavy atom. The molecule has 0 aliphatic carbocycles. The summed E-state index contributed by atoms with van der Waals surface area (Å²) in [6.45, 7) is 2.53. The summed E-state index contributed by atoms with van der Waals surface area (Å²) in [5, 5.41) is 2.67. The Labute approximate surface area is 106 Å². The van der Waals surface area contributed by atoms with E-state index in [0.717, 1.165) is 0 Å². The van der Waals surface area contributed by atoms with Crippen LogP contribution >= 0.6 is 0 Å². The van der Waals surface area contributed by atoms with Gasteiger partial charge in [-0.15, -0.1) is 0 Å². The largest absolute Gasteiger partial charge is 0.383 e. The zero-order valence-electron chi connectivity index (χ0n) is 10.8. The Balaban J connectivity index is 2.78. The molecule has 18 heavy (non-hydrogen) atoms. The molecular weight excluding hydrogens is 236 g/mol. The molecule has 0 bridgehead atoms. The second-order valence-corrected chi connectivity index (χ2v) is 3.81. The number of nitrogens with one attached hydrogen (secondary N) is 1. The molecule has 1 heterocycles. The molecule has 1 unspecified atom stereocenters. The van der Waals surface area contributed by atoms with E-state index in [0.29, 0.717) is 18.8 Å². The molecule has 6 heteroatoms. The Morgan fingerprint density at radius 3 is 2.78 bits per heavy atom. The zero-order valence-corrected chi connectivity index (χ0v) is 10.8. The first kappa shape index (κ1) is 14.4. The van der Waals surface area contributed by atoms with Crippen molar-refractivity contribution in [3.05, 3.63) is 28.7 Å². The van der Waals surface area contributed by atoms with E-state index in [9.17, 15) is 9.59 Å². The number of hydrogen-bond acceptors (Lipinski definition) is 4. The van der Waals surface area contributed by atoms with Gasteiger partial charge in [-0.2, -0.15) is 0 Å². The van der Waals surface area contributed by atoms with Crippen molar-refractivity contribution in [1.82, 2.24) is 4.57 Å². The zero-order chi connectivity index (χ0) is 13.5. The van der Waals surface area contributed by atoms with Gasteiger partial charge in [-0.1, -0.05) is 0 Å². The highest BCUT2D eigenvalue weighted by Gasteiger charge is 2.11. The number of nitrogens with zero attached hydrogens (tertiary/aromatic N) is 1. The molecule has 0 saturated heterocycles. The van der Waals surface area contributed by atoms with E-state index in [4.69, 9.17) is 9.47 Å². The van der Waals surface area contributed by atoms with Crippen LogP contribution in [0.1, 0.15) is 6.92 Å². The minimum Gasteiger partial charge on any atom is -0.383 e. The third-order valence-electron chi connectivity index (χ3n) is 2.51. The molecule has 1 N–H and O–H groups in total. The molecule has 0 radical (unpaired) electrons. The van der Waals surface area contributed by atoms with Crippen molar-refractivity contribution in [2.24, 2.45) is 0 Å². The van der Waals surface area contributed by atoms with Crippen LogP contribution in [0.4, 0.5) is 5.69 Å². The molecule has 100 valence electrons. The first-order chi connectivity index (χ1) is 8.58. The molecular formula is C12H18N2O4. The quantitative estimate of drug-likeness (QED) is 0.801. The lowest BCUT2D eigenvalue weighted by Gasteiger charge is -2.12. The van der Waals surface area contributed by atoms with Gasteiger partial charge in [-0.25, -0.2) is 0 Å². The van der Waals surface area contributed by atoms with Crippen molar-refractivity contribution in [2.45, 2.75) is 19.6 Å². The number of hydrogen-bond donors (Lipinski definition) is 1. The SMILES string of the molecule is COCCn1cc(NC(=O)C(C)OC)ccc1=O. The highest BCUT2D eigenvalue weighted by molar-refractivity contribution is 5.93. The van der Waals surface area contributed by atoms with Gasteiger partial charge in [0.15, 0.2) is 0 Å². The summed E-state index contributed by atoms with van der Waals surface area (Å²) in [4.78, 5) is 23.1. The molecule has 0 saturated carbocycles. The normalized spacial score (nSPS) is 12.2. The number of anilines is 1. The van der Waals surface area contributed by atoms with Crippen LogP contribution in [-0.2, 0) is 20.8 Å². The highest BCUT2D eigenvalue weighted by atomic mass is 16.5. The number of methoxy groups -OCH3 is 2. The predicted octanol–water partition coefficient (Wildman–Crippen LogP) is 0.468. The van der Waals surface area contributed by atoms with Crippen LogP contribution in [0.25, 0.3) is 0 Å². The molecule has 1 rings (SSSR count). The summed E-state index contributed by atoms with van der Waals surface area (Å²) in [6, 6.07) is 2.97. The summed E-state index contributed by atoms with van der Waals surface area (Å²) < 4.78 is 11.3. The minimum absolute atomic E-state index is 0.134. The van der Waals surface area contributed by atoms with E-state index in [2.05, 4.69) is 5.32 Å². The first-order valence-electron chi connectivity index (χ1n) is 5.61. The topological polar surface area (TPSA) is 69.6 Å². The van der Waals surface area contributed by atoms with Crippen molar-refractivity contribution in [1.29, 1.82) is 0 Å². The van der Waals surface area contributed by atoms with E-state index in [1.807, 2.05) is 0 Å². The number of carbonyl (C=O) groups is 1. The van der Waals surface area contributed by atoms with Crippen LogP contribution in [-0.4, -0.2) is 37.4 Å². The average Bonchev–Trinajstić information content (AvgIpc) is 2.38. The smallest absolute Gasteiger partial charge is 0.253 e. The van der Waals surface area contributed by atoms with Gasteiger partial charge in [0, 0.05) is 33.0 Å². The Morgan fingerprint density at radius 1 is 1.44 bits per heavy atom. The van der Waals surface area contributed by atoms with E-state index in [1.54, 1.807) is 26.3 Å². The second-order valence-electron chi connectivity index (χ2n) is 3.81. The second kappa shape index (κ2) is 6.93. The van der Waals surface area contributed by atoms with Crippen LogP contribution in [0.3, 0.4) is 0 Å². The molecule has 6 nitrogen and oxygen atoms in total. The average molecular weight is 254 g/mol. The van der Waals surface area contributed by atoms with Gasteiger partial charge < -0.3 is 19.4 Å². The maximum absolute atomic E-state index is 11.6. The predicted molar refractivity (Wildman–Crippen MR) is 67.7 cm³/mol. The molecule has 1 aromatic rings. The summed E-state index contributed by atoms with van der Waals surface area (Å²) >= 11 is 0. The summed E-state index contributed by atoms with van der Waals surface area (Å²) in [5.41, 5.74) is 0.421. The third-order valence-corrected chi connectivity index (χ3v) is 2.51. The Kier molecular flexibility index (Phi) is 5.54. The number of aromatic nitrogens is 1. The van der Waals surface area contributed by atoms with Crippen LogP contribution in [0.15, 0.2) is 23.1 Å². The maximum Gasteiger partial charge on any atom is 0.253 e. The molecule has 1 aromatic heterocycles. The van der Waals surface area contributed by atoms with Gasteiger partial charge in [-0.05, 0) is 13.0 Å². The lowest BCUT2D eigenvalue weighted by atomic mass is 10.3. The minimum atomic E-state index is -0.538.